The van der Waals surface area contributed by atoms with E-state index >= 15 is 0 Å². The molecule has 2 fully saturated rings. The fraction of sp³-hybridized carbons (Fsp3) is 1.00. The number of piperidine rings is 1. The third-order valence-corrected chi connectivity index (χ3v) is 5.08. The van der Waals surface area contributed by atoms with Crippen LogP contribution in [0.3, 0.4) is 0 Å². The second-order valence-corrected chi connectivity index (χ2v) is 7.21. The monoisotopic (exact) mass is 281 g/mol. The lowest BCUT2D eigenvalue weighted by Crippen LogP contribution is -2.48. The summed E-state index contributed by atoms with van der Waals surface area (Å²) in [7, 11) is 0. The van der Waals surface area contributed by atoms with E-state index in [2.05, 4.69) is 36.3 Å². The number of likely N-dealkylation sites (tertiary alicyclic amines) is 1. The molecule has 20 heavy (non-hydrogen) atoms. The third kappa shape index (κ3) is 5.34. The molecule has 0 aromatic heterocycles. The number of hydrogen-bond donors (Lipinski definition) is 2. The first-order valence-corrected chi connectivity index (χ1v) is 8.88. The Balaban J connectivity index is 1.65. The molecule has 0 aromatic rings. The molecule has 118 valence electrons. The average Bonchev–Trinajstić information content (AvgIpc) is 2.68. The predicted octanol–water partition coefficient (Wildman–Crippen LogP) is 2.76. The van der Waals surface area contributed by atoms with Crippen LogP contribution >= 0.6 is 0 Å². The molecule has 0 bridgehead atoms. The maximum atomic E-state index is 3.88. The maximum absolute atomic E-state index is 3.88. The highest BCUT2D eigenvalue weighted by Gasteiger charge is 2.23. The minimum Gasteiger partial charge on any atom is -0.314 e. The zero-order valence-electron chi connectivity index (χ0n) is 13.8. The van der Waals surface area contributed by atoms with Crippen molar-refractivity contribution in [3.8, 4) is 0 Å². The van der Waals surface area contributed by atoms with Crippen LogP contribution in [0.1, 0.15) is 65.7 Å². The summed E-state index contributed by atoms with van der Waals surface area (Å²) < 4.78 is 0. The maximum Gasteiger partial charge on any atom is 0.00939 e. The van der Waals surface area contributed by atoms with Crippen molar-refractivity contribution >= 4 is 0 Å². The van der Waals surface area contributed by atoms with Gasteiger partial charge in [-0.1, -0.05) is 12.8 Å². The molecule has 2 aliphatic heterocycles. The summed E-state index contributed by atoms with van der Waals surface area (Å²) in [5.41, 5.74) is 0. The van der Waals surface area contributed by atoms with Crippen LogP contribution in [0.4, 0.5) is 0 Å². The van der Waals surface area contributed by atoms with E-state index in [1.54, 1.807) is 0 Å². The van der Waals surface area contributed by atoms with Crippen LogP contribution in [-0.2, 0) is 0 Å². The molecular formula is C17H35N3. The van der Waals surface area contributed by atoms with Gasteiger partial charge < -0.3 is 15.5 Å². The summed E-state index contributed by atoms with van der Waals surface area (Å²) in [6.45, 7) is 10.8. The summed E-state index contributed by atoms with van der Waals surface area (Å²) in [5.74, 6) is 0. The molecule has 0 aliphatic carbocycles. The summed E-state index contributed by atoms with van der Waals surface area (Å²) in [5, 5.41) is 7.60. The molecule has 0 spiro atoms. The van der Waals surface area contributed by atoms with E-state index < -0.39 is 0 Å². The lowest BCUT2D eigenvalue weighted by Gasteiger charge is -2.36. The van der Waals surface area contributed by atoms with Crippen LogP contribution in [0.2, 0.25) is 0 Å². The highest BCUT2D eigenvalue weighted by molar-refractivity contribution is 4.83. The molecular weight excluding hydrogens is 246 g/mol. The van der Waals surface area contributed by atoms with Crippen molar-refractivity contribution in [1.82, 2.24) is 15.5 Å². The summed E-state index contributed by atoms with van der Waals surface area (Å²) >= 11 is 0. The van der Waals surface area contributed by atoms with Gasteiger partial charge in [0.25, 0.3) is 0 Å². The van der Waals surface area contributed by atoms with Crippen LogP contribution in [0.15, 0.2) is 0 Å². The third-order valence-electron chi connectivity index (χ3n) is 5.08. The van der Waals surface area contributed by atoms with Gasteiger partial charge in [-0.15, -0.1) is 0 Å². The van der Waals surface area contributed by atoms with Gasteiger partial charge in [-0.2, -0.15) is 0 Å². The van der Waals surface area contributed by atoms with E-state index in [1.165, 1.54) is 64.6 Å². The van der Waals surface area contributed by atoms with E-state index in [0.29, 0.717) is 12.1 Å². The molecule has 2 rings (SSSR count). The first-order chi connectivity index (χ1) is 9.65. The second-order valence-electron chi connectivity index (χ2n) is 7.21. The highest BCUT2D eigenvalue weighted by atomic mass is 15.2. The molecule has 2 saturated heterocycles. The number of rotatable bonds is 5. The van der Waals surface area contributed by atoms with E-state index in [9.17, 15) is 0 Å². The van der Waals surface area contributed by atoms with Crippen molar-refractivity contribution in [3.05, 3.63) is 0 Å². The van der Waals surface area contributed by atoms with Crippen molar-refractivity contribution in [2.75, 3.05) is 19.6 Å². The van der Waals surface area contributed by atoms with Crippen LogP contribution in [0, 0.1) is 0 Å². The molecule has 2 N–H and O–H groups in total. The van der Waals surface area contributed by atoms with Crippen molar-refractivity contribution in [2.24, 2.45) is 0 Å². The van der Waals surface area contributed by atoms with E-state index in [-0.39, 0.29) is 0 Å². The van der Waals surface area contributed by atoms with Crippen molar-refractivity contribution in [3.63, 3.8) is 0 Å². The zero-order valence-corrected chi connectivity index (χ0v) is 13.8. The largest absolute Gasteiger partial charge is 0.314 e. The van der Waals surface area contributed by atoms with Gasteiger partial charge in [-0.3, -0.25) is 0 Å². The molecule has 2 aliphatic rings. The topological polar surface area (TPSA) is 27.3 Å². The van der Waals surface area contributed by atoms with Gasteiger partial charge >= 0.3 is 0 Å². The van der Waals surface area contributed by atoms with Gasteiger partial charge in [0.15, 0.2) is 0 Å². The average molecular weight is 281 g/mol. The van der Waals surface area contributed by atoms with Crippen LogP contribution < -0.4 is 10.6 Å². The predicted molar refractivity (Wildman–Crippen MR) is 87.2 cm³/mol. The Labute approximate surface area is 125 Å². The quantitative estimate of drug-likeness (QED) is 0.811. The van der Waals surface area contributed by atoms with Crippen LogP contribution in [0.25, 0.3) is 0 Å². The summed E-state index contributed by atoms with van der Waals surface area (Å²) in [4.78, 5) is 2.61. The molecule has 2 atom stereocenters. The summed E-state index contributed by atoms with van der Waals surface area (Å²) in [6, 6.07) is 2.85. The van der Waals surface area contributed by atoms with Crippen molar-refractivity contribution in [1.29, 1.82) is 0 Å². The Bertz CT molecular complexity index is 251. The fourth-order valence-electron chi connectivity index (χ4n) is 3.78. The van der Waals surface area contributed by atoms with Gasteiger partial charge in [0.2, 0.25) is 0 Å². The molecule has 2 heterocycles. The Morgan fingerprint density at radius 1 is 1.05 bits per heavy atom. The molecule has 0 aromatic carbocycles. The Morgan fingerprint density at radius 3 is 2.50 bits per heavy atom. The second kappa shape index (κ2) is 8.35. The standard InChI is InChI=1S/C17H35N3/c1-14(2)20-11-8-16(9-12-20)19-15(3)13-17-7-5-4-6-10-18-17/h14-19H,4-13H2,1-3H3. The molecule has 2 unspecified atom stereocenters. The SMILES string of the molecule is CC(CC1CCCCCN1)NC1CCN(C(C)C)CC1. The van der Waals surface area contributed by atoms with Gasteiger partial charge in [0, 0.05) is 24.2 Å². The minimum absolute atomic E-state index is 0.654. The number of nitrogens with one attached hydrogen (secondary N) is 2. The van der Waals surface area contributed by atoms with Gasteiger partial charge in [0.1, 0.15) is 0 Å². The lowest BCUT2D eigenvalue weighted by molar-refractivity contribution is 0.155. The molecule has 0 amide bonds. The smallest absolute Gasteiger partial charge is 0.00939 e. The van der Waals surface area contributed by atoms with Crippen molar-refractivity contribution in [2.45, 2.75) is 89.9 Å². The van der Waals surface area contributed by atoms with E-state index in [4.69, 9.17) is 0 Å². The van der Waals surface area contributed by atoms with Gasteiger partial charge in [-0.25, -0.2) is 0 Å². The van der Waals surface area contributed by atoms with E-state index in [0.717, 1.165) is 12.1 Å². The molecule has 3 heteroatoms. The van der Waals surface area contributed by atoms with Crippen molar-refractivity contribution < 1.29 is 0 Å². The normalized spacial score (nSPS) is 28.5. The zero-order chi connectivity index (χ0) is 14.4. The first-order valence-electron chi connectivity index (χ1n) is 8.88. The molecule has 3 nitrogen and oxygen atoms in total. The van der Waals surface area contributed by atoms with Crippen LogP contribution in [-0.4, -0.2) is 48.7 Å². The highest BCUT2D eigenvalue weighted by Crippen LogP contribution is 2.16. The van der Waals surface area contributed by atoms with Gasteiger partial charge in [0.05, 0.1) is 0 Å². The molecule has 0 radical (unpaired) electrons. The minimum atomic E-state index is 0.654. The Kier molecular flexibility index (Phi) is 6.79. The van der Waals surface area contributed by atoms with E-state index in [1.807, 2.05) is 0 Å². The van der Waals surface area contributed by atoms with Gasteiger partial charge in [-0.05, 0) is 72.5 Å². The fourth-order valence-corrected chi connectivity index (χ4v) is 3.78. The lowest BCUT2D eigenvalue weighted by atomic mass is 9.99. The first kappa shape index (κ1) is 16.3. The summed E-state index contributed by atoms with van der Waals surface area (Å²) in [6.07, 6.45) is 9.51. The number of hydrogen-bond acceptors (Lipinski definition) is 3. The number of nitrogens with zero attached hydrogens (tertiary/aromatic N) is 1. The van der Waals surface area contributed by atoms with Crippen LogP contribution in [0.5, 0.6) is 0 Å². The Hall–Kier alpha value is -0.120. The molecule has 0 saturated carbocycles. The Morgan fingerprint density at radius 2 is 1.80 bits per heavy atom.